The van der Waals surface area contributed by atoms with E-state index in [9.17, 15) is 9.59 Å². The Kier molecular flexibility index (Phi) is 7.40. The zero-order chi connectivity index (χ0) is 24.8. The highest BCUT2D eigenvalue weighted by atomic mass is 16.5. The zero-order valence-corrected chi connectivity index (χ0v) is 20.0. The van der Waals surface area contributed by atoms with Crippen LogP contribution in [0.5, 0.6) is 11.5 Å². The Hall–Kier alpha value is -4.20. The van der Waals surface area contributed by atoms with E-state index in [2.05, 4.69) is 10.3 Å². The predicted molar refractivity (Wildman–Crippen MR) is 132 cm³/mol. The topological polar surface area (TPSA) is 93.1 Å². The van der Waals surface area contributed by atoms with E-state index < -0.39 is 6.17 Å². The quantitative estimate of drug-likeness (QED) is 0.531. The predicted octanol–water partition coefficient (Wildman–Crippen LogP) is 4.19. The lowest BCUT2D eigenvalue weighted by atomic mass is 9.89. The summed E-state index contributed by atoms with van der Waals surface area (Å²) >= 11 is 0. The van der Waals surface area contributed by atoms with Crippen molar-refractivity contribution in [2.45, 2.75) is 25.9 Å². The van der Waals surface area contributed by atoms with Crippen molar-refractivity contribution in [3.05, 3.63) is 89.7 Å². The zero-order valence-electron chi connectivity index (χ0n) is 20.0. The molecule has 1 aromatic heterocycles. The third-order valence-electron chi connectivity index (χ3n) is 6.00. The third kappa shape index (κ3) is 5.16. The van der Waals surface area contributed by atoms with Gasteiger partial charge in [-0.2, -0.15) is 5.10 Å². The number of hydrogen-bond acceptors (Lipinski definition) is 6. The molecule has 180 valence electrons. The van der Waals surface area contributed by atoms with E-state index >= 15 is 0 Å². The largest absolute Gasteiger partial charge is 0.493 e. The Morgan fingerprint density at radius 1 is 1.09 bits per heavy atom. The summed E-state index contributed by atoms with van der Waals surface area (Å²) in [6.07, 6.45) is 3.32. The molecule has 2 unspecified atom stereocenters. The molecule has 0 saturated carbocycles. The number of amides is 2. The van der Waals surface area contributed by atoms with E-state index in [4.69, 9.17) is 14.6 Å². The molecule has 0 saturated heterocycles. The molecule has 1 aliphatic heterocycles. The lowest BCUT2D eigenvalue weighted by Gasteiger charge is -2.35. The van der Waals surface area contributed by atoms with Crippen LogP contribution in [0.25, 0.3) is 0 Å². The maximum Gasteiger partial charge on any atom is 0.254 e. The first-order valence-corrected chi connectivity index (χ1v) is 11.4. The minimum atomic E-state index is -0.788. The number of hydrogen-bond donors (Lipinski definition) is 1. The second-order valence-electron chi connectivity index (χ2n) is 8.13. The van der Waals surface area contributed by atoms with Crippen LogP contribution in [0.4, 0.5) is 0 Å². The van der Waals surface area contributed by atoms with Crippen LogP contribution in [0.3, 0.4) is 0 Å². The van der Waals surface area contributed by atoms with E-state index in [0.717, 1.165) is 23.3 Å². The van der Waals surface area contributed by atoms with Crippen LogP contribution in [0.2, 0.25) is 0 Å². The number of hydrazone groups is 1. The lowest BCUT2D eigenvalue weighted by Crippen LogP contribution is -2.46. The van der Waals surface area contributed by atoms with E-state index in [1.165, 1.54) is 11.2 Å². The number of rotatable bonds is 8. The van der Waals surface area contributed by atoms with Crippen molar-refractivity contribution in [3.63, 3.8) is 0 Å². The number of aromatic nitrogens is 1. The highest BCUT2D eigenvalue weighted by Gasteiger charge is 2.35. The van der Waals surface area contributed by atoms with Crippen molar-refractivity contribution in [2.24, 2.45) is 11.0 Å². The van der Waals surface area contributed by atoms with Gasteiger partial charge in [0.15, 0.2) is 17.7 Å². The Labute approximate surface area is 204 Å². The van der Waals surface area contributed by atoms with Gasteiger partial charge in [-0.25, -0.2) is 5.01 Å². The smallest absolute Gasteiger partial charge is 0.254 e. The summed E-state index contributed by atoms with van der Waals surface area (Å²) in [6, 6.07) is 18.3. The molecule has 2 aromatic carbocycles. The molecule has 0 radical (unpaired) electrons. The van der Waals surface area contributed by atoms with E-state index in [-0.39, 0.29) is 24.2 Å². The number of methoxy groups -OCH3 is 2. The van der Waals surface area contributed by atoms with Crippen LogP contribution in [-0.2, 0) is 4.79 Å². The maximum atomic E-state index is 13.3. The summed E-state index contributed by atoms with van der Waals surface area (Å²) in [5.41, 5.74) is 2.72. The number of nitrogens with one attached hydrogen (secondary N) is 1. The van der Waals surface area contributed by atoms with Crippen LogP contribution in [0.15, 0.2) is 78.2 Å². The third-order valence-corrected chi connectivity index (χ3v) is 6.00. The first-order valence-electron chi connectivity index (χ1n) is 11.4. The van der Waals surface area contributed by atoms with Crippen LogP contribution < -0.4 is 14.8 Å². The van der Waals surface area contributed by atoms with E-state index in [0.29, 0.717) is 17.1 Å². The molecule has 8 heteroatoms. The minimum Gasteiger partial charge on any atom is -0.493 e. The molecule has 35 heavy (non-hydrogen) atoms. The molecule has 2 amide bonds. The summed E-state index contributed by atoms with van der Waals surface area (Å²) in [7, 11) is 3.16. The molecule has 0 spiro atoms. The van der Waals surface area contributed by atoms with Gasteiger partial charge in [0.05, 0.1) is 25.5 Å². The van der Waals surface area contributed by atoms with Gasteiger partial charge in [0, 0.05) is 30.3 Å². The van der Waals surface area contributed by atoms with Gasteiger partial charge in [-0.3, -0.25) is 14.6 Å². The molecule has 0 fully saturated rings. The van der Waals surface area contributed by atoms with Crippen LogP contribution in [0.1, 0.15) is 47.4 Å². The number of carbonyl (C=O) groups is 2. The maximum absolute atomic E-state index is 13.3. The Morgan fingerprint density at radius 2 is 1.86 bits per heavy atom. The van der Waals surface area contributed by atoms with Gasteiger partial charge in [0.2, 0.25) is 5.91 Å². The molecule has 1 aliphatic rings. The number of pyridine rings is 1. The van der Waals surface area contributed by atoms with Gasteiger partial charge < -0.3 is 14.8 Å². The van der Waals surface area contributed by atoms with E-state index in [1.807, 2.05) is 55.5 Å². The molecule has 3 aromatic rings. The summed E-state index contributed by atoms with van der Waals surface area (Å²) < 4.78 is 10.8. The van der Waals surface area contributed by atoms with Crippen molar-refractivity contribution >= 4 is 17.5 Å². The van der Waals surface area contributed by atoms with Crippen molar-refractivity contribution in [1.82, 2.24) is 15.3 Å². The molecule has 4 rings (SSSR count). The highest BCUT2D eigenvalue weighted by Crippen LogP contribution is 2.33. The number of carbonyl (C=O) groups excluding carboxylic acids is 2. The first kappa shape index (κ1) is 23.9. The molecule has 0 bridgehead atoms. The van der Waals surface area contributed by atoms with Gasteiger partial charge in [0.1, 0.15) is 0 Å². The molecule has 2 heterocycles. The molecule has 2 atom stereocenters. The number of ether oxygens (including phenoxy) is 2. The standard InChI is InChI=1S/C27H28N4O4/c1-4-18-16-24(32)31(30-25(18)20-12-13-22(34-2)23(15-20)35-3)26(19-9-6-5-7-10-19)29-27(33)21-11-8-14-28-17-21/h5-15,17-18,26H,4,16H2,1-3H3,(H,29,33). The van der Waals surface area contributed by atoms with Crippen molar-refractivity contribution < 1.29 is 19.1 Å². The number of benzene rings is 2. The summed E-state index contributed by atoms with van der Waals surface area (Å²) in [5.74, 6) is 0.610. The lowest BCUT2D eigenvalue weighted by molar-refractivity contribution is -0.135. The summed E-state index contributed by atoms with van der Waals surface area (Å²) in [4.78, 5) is 30.4. The normalized spacial score (nSPS) is 16.3. The average molecular weight is 473 g/mol. The second-order valence-corrected chi connectivity index (χ2v) is 8.13. The monoisotopic (exact) mass is 472 g/mol. The van der Waals surface area contributed by atoms with Crippen molar-refractivity contribution in [2.75, 3.05) is 14.2 Å². The Bertz CT molecular complexity index is 1210. The van der Waals surface area contributed by atoms with Gasteiger partial charge in [0.25, 0.3) is 5.91 Å². The molecular formula is C27H28N4O4. The van der Waals surface area contributed by atoms with Gasteiger partial charge in [-0.05, 0) is 42.3 Å². The SMILES string of the molecule is CCC1CC(=O)N(C(NC(=O)c2cccnc2)c2ccccc2)N=C1c1ccc(OC)c(OC)c1. The van der Waals surface area contributed by atoms with Crippen molar-refractivity contribution in [3.8, 4) is 11.5 Å². The fourth-order valence-corrected chi connectivity index (χ4v) is 4.11. The van der Waals surface area contributed by atoms with Gasteiger partial charge in [-0.15, -0.1) is 0 Å². The second kappa shape index (κ2) is 10.8. The van der Waals surface area contributed by atoms with Gasteiger partial charge >= 0.3 is 0 Å². The van der Waals surface area contributed by atoms with Crippen LogP contribution in [0, 0.1) is 5.92 Å². The Morgan fingerprint density at radius 3 is 2.51 bits per heavy atom. The minimum absolute atomic E-state index is 0.0673. The Balaban J connectivity index is 1.77. The highest BCUT2D eigenvalue weighted by molar-refractivity contribution is 6.06. The first-order chi connectivity index (χ1) is 17.0. The summed E-state index contributed by atoms with van der Waals surface area (Å²) in [6.45, 7) is 2.03. The van der Waals surface area contributed by atoms with E-state index in [1.54, 1.807) is 32.5 Å². The van der Waals surface area contributed by atoms with Crippen molar-refractivity contribution in [1.29, 1.82) is 0 Å². The molecule has 1 N–H and O–H groups in total. The summed E-state index contributed by atoms with van der Waals surface area (Å²) in [5, 5.41) is 9.16. The van der Waals surface area contributed by atoms with Crippen LogP contribution in [-0.4, -0.2) is 41.7 Å². The number of nitrogens with zero attached hydrogens (tertiary/aromatic N) is 3. The fourth-order valence-electron chi connectivity index (χ4n) is 4.11. The van der Waals surface area contributed by atoms with Crippen LogP contribution >= 0.6 is 0 Å². The fraction of sp³-hybridized carbons (Fsp3) is 0.259. The van der Waals surface area contributed by atoms with Gasteiger partial charge in [-0.1, -0.05) is 37.3 Å². The molecule has 0 aliphatic carbocycles. The average Bonchev–Trinajstić information content (AvgIpc) is 2.92. The molecular weight excluding hydrogens is 444 g/mol. The molecule has 8 nitrogen and oxygen atoms in total.